The van der Waals surface area contributed by atoms with E-state index in [1.54, 1.807) is 0 Å². The van der Waals surface area contributed by atoms with Crippen molar-refractivity contribution in [1.29, 1.82) is 0 Å². The maximum Gasteiger partial charge on any atom is 0.152 e. The van der Waals surface area contributed by atoms with Crippen LogP contribution in [0.5, 0.6) is 0 Å². The third-order valence-corrected chi connectivity index (χ3v) is 2.77. The van der Waals surface area contributed by atoms with E-state index in [0.29, 0.717) is 0 Å². The van der Waals surface area contributed by atoms with E-state index in [1.165, 1.54) is 11.0 Å². The van der Waals surface area contributed by atoms with E-state index >= 15 is 0 Å². The minimum atomic E-state index is 0.203. The zero-order valence-electron chi connectivity index (χ0n) is 8.00. The monoisotopic (exact) mass is 171 g/mol. The second kappa shape index (κ2) is 2.73. The van der Waals surface area contributed by atoms with E-state index in [0.717, 1.165) is 18.2 Å². The molecule has 0 atom stereocenters. The van der Waals surface area contributed by atoms with Crippen molar-refractivity contribution in [2.24, 2.45) is 0 Å². The molecule has 0 aromatic heterocycles. The predicted octanol–water partition coefficient (Wildman–Crippen LogP) is 1.54. The molecule has 0 unspecified atom stereocenters. The van der Waals surface area contributed by atoms with Crippen LogP contribution in [-0.2, 0) is 5.41 Å². The first-order valence-electron chi connectivity index (χ1n) is 4.56. The smallest absolute Gasteiger partial charge is 0.152 e. The van der Waals surface area contributed by atoms with Crippen molar-refractivity contribution in [2.45, 2.75) is 25.6 Å². The largest absolute Gasteiger partial charge is 0.298 e. The Balaban J connectivity index is 2.55. The zero-order valence-corrected chi connectivity index (χ0v) is 8.00. The summed E-state index contributed by atoms with van der Waals surface area (Å²) in [5.41, 5.74) is 3.57. The van der Waals surface area contributed by atoms with Crippen molar-refractivity contribution < 1.29 is 4.79 Å². The van der Waals surface area contributed by atoms with Crippen LogP contribution in [0.2, 0.25) is 6.32 Å². The molecule has 0 amide bonds. The van der Waals surface area contributed by atoms with Crippen LogP contribution in [0.4, 0.5) is 0 Å². The van der Waals surface area contributed by atoms with Crippen LogP contribution in [0.15, 0.2) is 18.2 Å². The summed E-state index contributed by atoms with van der Waals surface area (Å²) >= 11 is 0. The Morgan fingerprint density at radius 3 is 2.92 bits per heavy atom. The topological polar surface area (TPSA) is 17.1 Å². The molecule has 1 aromatic carbocycles. The van der Waals surface area contributed by atoms with Gasteiger partial charge in [0, 0.05) is 5.56 Å². The highest BCUT2D eigenvalue weighted by Gasteiger charge is 2.29. The van der Waals surface area contributed by atoms with Gasteiger partial charge in [0.05, 0.1) is 0 Å². The standard InChI is InChI=1S/C11H12BO/c1-11(2)7-12-10-4-3-8(6-13)5-9(10)11/h3-6H,7H2,1-2H3. The molecule has 0 saturated heterocycles. The second-order valence-electron chi connectivity index (χ2n) is 4.26. The molecule has 0 spiro atoms. The van der Waals surface area contributed by atoms with Crippen LogP contribution >= 0.6 is 0 Å². The summed E-state index contributed by atoms with van der Waals surface area (Å²) in [4.78, 5) is 10.6. The van der Waals surface area contributed by atoms with Crippen LogP contribution in [-0.4, -0.2) is 13.6 Å². The van der Waals surface area contributed by atoms with Gasteiger partial charge in [-0.25, -0.2) is 0 Å². The van der Waals surface area contributed by atoms with Gasteiger partial charge >= 0.3 is 0 Å². The number of benzene rings is 1. The van der Waals surface area contributed by atoms with Gasteiger partial charge in [-0.3, -0.25) is 4.79 Å². The minimum Gasteiger partial charge on any atom is -0.298 e. The summed E-state index contributed by atoms with van der Waals surface area (Å²) in [7, 11) is 2.24. The Hall–Kier alpha value is -1.05. The van der Waals surface area contributed by atoms with Crippen LogP contribution in [0.3, 0.4) is 0 Å². The maximum absolute atomic E-state index is 10.6. The fourth-order valence-electron chi connectivity index (χ4n) is 1.89. The summed E-state index contributed by atoms with van der Waals surface area (Å²) in [6, 6.07) is 5.92. The molecule has 0 N–H and O–H groups in total. The van der Waals surface area contributed by atoms with Gasteiger partial charge in [-0.2, -0.15) is 0 Å². The van der Waals surface area contributed by atoms with Gasteiger partial charge in [-0.1, -0.05) is 37.8 Å². The number of hydrogen-bond donors (Lipinski definition) is 0. The fourth-order valence-corrected chi connectivity index (χ4v) is 1.89. The molecule has 1 heterocycles. The molecular weight excluding hydrogens is 159 g/mol. The molecule has 13 heavy (non-hydrogen) atoms. The normalized spacial score (nSPS) is 17.7. The van der Waals surface area contributed by atoms with Crippen LogP contribution in [0, 0.1) is 0 Å². The number of carbonyl (C=O) groups is 1. The molecule has 2 rings (SSSR count). The second-order valence-corrected chi connectivity index (χ2v) is 4.26. The maximum atomic E-state index is 10.6. The van der Waals surface area contributed by atoms with E-state index < -0.39 is 0 Å². The van der Waals surface area contributed by atoms with Crippen LogP contribution in [0.1, 0.15) is 29.8 Å². The number of hydrogen-bond acceptors (Lipinski definition) is 1. The van der Waals surface area contributed by atoms with Gasteiger partial charge in [-0.15, -0.1) is 0 Å². The highest BCUT2D eigenvalue weighted by molar-refractivity contribution is 6.56. The SMILES string of the molecule is CC1(C)C[B]c2ccc(C=O)cc21. The molecule has 1 aliphatic heterocycles. The summed E-state index contributed by atoms with van der Waals surface area (Å²) in [5, 5.41) is 0. The van der Waals surface area contributed by atoms with Gasteiger partial charge in [0.1, 0.15) is 6.29 Å². The molecular formula is C11H12BO. The van der Waals surface area contributed by atoms with Gasteiger partial charge in [0.15, 0.2) is 7.28 Å². The number of rotatable bonds is 1. The van der Waals surface area contributed by atoms with Gasteiger partial charge in [0.2, 0.25) is 0 Å². The lowest BCUT2D eigenvalue weighted by atomic mass is 9.69. The molecule has 1 aliphatic rings. The number of aldehydes is 1. The minimum absolute atomic E-state index is 0.203. The summed E-state index contributed by atoms with van der Waals surface area (Å²) in [5.74, 6) is 0. The average molecular weight is 171 g/mol. The van der Waals surface area contributed by atoms with Gasteiger partial charge < -0.3 is 0 Å². The fraction of sp³-hybridized carbons (Fsp3) is 0.364. The van der Waals surface area contributed by atoms with Crippen molar-refractivity contribution >= 4 is 19.0 Å². The molecule has 0 saturated carbocycles. The molecule has 1 nitrogen and oxygen atoms in total. The quantitative estimate of drug-likeness (QED) is 0.462. The van der Waals surface area contributed by atoms with Gasteiger partial charge in [-0.05, 0) is 17.0 Å². The summed E-state index contributed by atoms with van der Waals surface area (Å²) < 4.78 is 0. The number of carbonyl (C=O) groups excluding carboxylic acids is 1. The Morgan fingerprint density at radius 1 is 1.46 bits per heavy atom. The first-order valence-corrected chi connectivity index (χ1v) is 4.56. The summed E-state index contributed by atoms with van der Waals surface area (Å²) in [6.07, 6.45) is 1.99. The third-order valence-electron chi connectivity index (χ3n) is 2.77. The third kappa shape index (κ3) is 1.30. The Morgan fingerprint density at radius 2 is 2.23 bits per heavy atom. The first-order chi connectivity index (χ1) is 6.13. The zero-order chi connectivity index (χ0) is 9.47. The summed E-state index contributed by atoms with van der Waals surface area (Å²) in [6.45, 7) is 4.42. The molecule has 2 heteroatoms. The van der Waals surface area contributed by atoms with Crippen LogP contribution in [0.25, 0.3) is 0 Å². The van der Waals surface area contributed by atoms with E-state index in [4.69, 9.17) is 0 Å². The van der Waals surface area contributed by atoms with Crippen LogP contribution < -0.4 is 5.46 Å². The molecule has 0 fully saturated rings. The highest BCUT2D eigenvalue weighted by Crippen LogP contribution is 2.30. The molecule has 0 bridgehead atoms. The van der Waals surface area contributed by atoms with Crippen molar-refractivity contribution in [1.82, 2.24) is 0 Å². The first kappa shape index (κ1) is 8.55. The average Bonchev–Trinajstić information content (AvgIpc) is 2.42. The van der Waals surface area contributed by atoms with E-state index in [9.17, 15) is 4.79 Å². The Bertz CT molecular complexity index is 355. The molecule has 0 aliphatic carbocycles. The van der Waals surface area contributed by atoms with E-state index in [1.807, 2.05) is 18.2 Å². The number of fused-ring (bicyclic) bond motifs is 1. The van der Waals surface area contributed by atoms with Gasteiger partial charge in [0.25, 0.3) is 0 Å². The Kier molecular flexibility index (Phi) is 1.79. The van der Waals surface area contributed by atoms with E-state index in [-0.39, 0.29) is 5.41 Å². The van der Waals surface area contributed by atoms with E-state index in [2.05, 4.69) is 21.1 Å². The van der Waals surface area contributed by atoms with Crippen molar-refractivity contribution in [2.75, 3.05) is 0 Å². The lowest BCUT2D eigenvalue weighted by Crippen LogP contribution is -2.15. The molecule has 65 valence electrons. The lowest BCUT2D eigenvalue weighted by Gasteiger charge is -2.19. The molecule has 1 radical (unpaired) electrons. The molecule has 1 aromatic rings. The highest BCUT2D eigenvalue weighted by atomic mass is 16.1. The van der Waals surface area contributed by atoms with Crippen molar-refractivity contribution in [3.8, 4) is 0 Å². The van der Waals surface area contributed by atoms with Crippen molar-refractivity contribution in [3.63, 3.8) is 0 Å². The van der Waals surface area contributed by atoms with Crippen molar-refractivity contribution in [3.05, 3.63) is 29.3 Å². The Labute approximate surface area is 79.4 Å². The lowest BCUT2D eigenvalue weighted by molar-refractivity contribution is 0.112. The predicted molar refractivity (Wildman–Crippen MR) is 55.1 cm³/mol.